The molecule has 0 aliphatic carbocycles. The third-order valence-corrected chi connectivity index (χ3v) is 3.58. The lowest BCUT2D eigenvalue weighted by atomic mass is 9.82. The lowest BCUT2D eigenvalue weighted by Crippen LogP contribution is -2.44. The number of likely N-dealkylation sites (N-methyl/N-ethyl adjacent to an activating group) is 1. The predicted octanol–water partition coefficient (Wildman–Crippen LogP) is 2.30. The highest BCUT2D eigenvalue weighted by molar-refractivity contribution is 5.88. The minimum Gasteiger partial charge on any atom is -0.496 e. The first kappa shape index (κ1) is 17.0. The number of carbonyl (C=O) groups is 2. The van der Waals surface area contributed by atoms with Gasteiger partial charge in [-0.05, 0) is 26.8 Å². The molecule has 0 aliphatic rings. The summed E-state index contributed by atoms with van der Waals surface area (Å²) in [5.41, 5.74) is 0.0208. The number of hydrogen-bond donors (Lipinski definition) is 1. The van der Waals surface area contributed by atoms with Gasteiger partial charge in [0.05, 0.1) is 18.9 Å². The lowest BCUT2D eigenvalue weighted by Gasteiger charge is -2.32. The molecule has 0 saturated heterocycles. The maximum atomic E-state index is 12.8. The predicted molar refractivity (Wildman–Crippen MR) is 80.5 cm³/mol. The Morgan fingerprint density at radius 1 is 1.29 bits per heavy atom. The highest BCUT2D eigenvalue weighted by Gasteiger charge is 2.35. The third-order valence-electron chi connectivity index (χ3n) is 3.58. The molecule has 0 bridgehead atoms. The molecule has 5 heteroatoms. The maximum absolute atomic E-state index is 12.8. The number of carboxylic acid groups (broad SMARTS) is 1. The molecule has 0 unspecified atom stereocenters. The van der Waals surface area contributed by atoms with Crippen LogP contribution in [-0.2, 0) is 15.0 Å². The Bertz CT molecular complexity index is 511. The van der Waals surface area contributed by atoms with Crippen molar-refractivity contribution >= 4 is 11.9 Å². The topological polar surface area (TPSA) is 66.8 Å². The molecule has 1 aromatic carbocycles. The molecule has 5 nitrogen and oxygen atoms in total. The van der Waals surface area contributed by atoms with E-state index in [-0.39, 0.29) is 18.9 Å². The van der Waals surface area contributed by atoms with Crippen molar-refractivity contribution in [2.24, 2.45) is 0 Å². The SMILES string of the molecule is CCN(CCC(=O)O)C(=O)C(C)(C)c1ccccc1OC. The van der Waals surface area contributed by atoms with E-state index in [2.05, 4.69) is 0 Å². The van der Waals surface area contributed by atoms with Crippen molar-refractivity contribution in [1.29, 1.82) is 0 Å². The lowest BCUT2D eigenvalue weighted by molar-refractivity contribution is -0.140. The van der Waals surface area contributed by atoms with Crippen LogP contribution in [0, 0.1) is 0 Å². The summed E-state index contributed by atoms with van der Waals surface area (Å²) in [6.45, 7) is 6.19. The summed E-state index contributed by atoms with van der Waals surface area (Å²) >= 11 is 0. The summed E-state index contributed by atoms with van der Waals surface area (Å²) in [5, 5.41) is 8.78. The average molecular weight is 293 g/mol. The molecule has 1 aromatic rings. The van der Waals surface area contributed by atoms with Gasteiger partial charge in [0.2, 0.25) is 5.91 Å². The van der Waals surface area contributed by atoms with Crippen molar-refractivity contribution in [3.05, 3.63) is 29.8 Å². The standard InChI is InChI=1S/C16H23NO4/c1-5-17(11-10-14(18)19)15(20)16(2,3)12-8-6-7-9-13(12)21-4/h6-9H,5,10-11H2,1-4H3,(H,18,19). The molecule has 0 aliphatic heterocycles. The van der Waals surface area contributed by atoms with E-state index in [1.807, 2.05) is 45.0 Å². The van der Waals surface area contributed by atoms with E-state index in [1.54, 1.807) is 12.0 Å². The van der Waals surface area contributed by atoms with Crippen molar-refractivity contribution < 1.29 is 19.4 Å². The maximum Gasteiger partial charge on any atom is 0.305 e. The molecule has 0 atom stereocenters. The van der Waals surface area contributed by atoms with Gasteiger partial charge in [-0.2, -0.15) is 0 Å². The quantitative estimate of drug-likeness (QED) is 0.837. The fourth-order valence-corrected chi connectivity index (χ4v) is 2.31. The van der Waals surface area contributed by atoms with Gasteiger partial charge in [0.1, 0.15) is 5.75 Å². The van der Waals surface area contributed by atoms with Crippen LogP contribution in [0.1, 0.15) is 32.8 Å². The van der Waals surface area contributed by atoms with E-state index < -0.39 is 11.4 Å². The first-order valence-corrected chi connectivity index (χ1v) is 6.99. The van der Waals surface area contributed by atoms with Crippen molar-refractivity contribution in [2.45, 2.75) is 32.6 Å². The summed E-state index contributed by atoms with van der Waals surface area (Å²) in [6.07, 6.45) is -0.0540. The number of methoxy groups -OCH3 is 1. The van der Waals surface area contributed by atoms with Gasteiger partial charge < -0.3 is 14.7 Å². The first-order valence-electron chi connectivity index (χ1n) is 6.99. The molecule has 116 valence electrons. The van der Waals surface area contributed by atoms with Crippen LogP contribution in [0.5, 0.6) is 5.75 Å². The van der Waals surface area contributed by atoms with Gasteiger partial charge >= 0.3 is 5.97 Å². The van der Waals surface area contributed by atoms with Gasteiger partial charge in [0.25, 0.3) is 0 Å². The van der Waals surface area contributed by atoms with E-state index in [4.69, 9.17) is 9.84 Å². The largest absolute Gasteiger partial charge is 0.496 e. The van der Waals surface area contributed by atoms with Gasteiger partial charge in [-0.1, -0.05) is 18.2 Å². The fourth-order valence-electron chi connectivity index (χ4n) is 2.31. The smallest absolute Gasteiger partial charge is 0.305 e. The minimum atomic E-state index is -0.906. The van der Waals surface area contributed by atoms with Gasteiger partial charge in [-0.25, -0.2) is 0 Å². The molecular weight excluding hydrogens is 270 g/mol. The molecule has 1 rings (SSSR count). The highest BCUT2D eigenvalue weighted by atomic mass is 16.5. The fraction of sp³-hybridized carbons (Fsp3) is 0.500. The van der Waals surface area contributed by atoms with Crippen LogP contribution in [0.3, 0.4) is 0 Å². The van der Waals surface area contributed by atoms with Crippen molar-refractivity contribution in [3.63, 3.8) is 0 Å². The van der Waals surface area contributed by atoms with E-state index in [0.29, 0.717) is 12.3 Å². The number of para-hydroxylation sites is 1. The summed E-state index contributed by atoms with van der Waals surface area (Å²) < 4.78 is 5.33. The molecule has 0 radical (unpaired) electrons. The second-order valence-corrected chi connectivity index (χ2v) is 5.35. The average Bonchev–Trinajstić information content (AvgIpc) is 2.47. The monoisotopic (exact) mass is 293 g/mol. The van der Waals surface area contributed by atoms with Gasteiger partial charge in [-0.15, -0.1) is 0 Å². The zero-order valence-electron chi connectivity index (χ0n) is 13.0. The van der Waals surface area contributed by atoms with Gasteiger partial charge in [-0.3, -0.25) is 9.59 Å². The third kappa shape index (κ3) is 3.97. The normalized spacial score (nSPS) is 11.0. The molecule has 1 amide bonds. The minimum absolute atomic E-state index is 0.0540. The van der Waals surface area contributed by atoms with E-state index in [0.717, 1.165) is 5.56 Å². The number of carbonyl (C=O) groups excluding carboxylic acids is 1. The molecule has 1 N–H and O–H groups in total. The summed E-state index contributed by atoms with van der Waals surface area (Å²) in [6, 6.07) is 7.39. The summed E-state index contributed by atoms with van der Waals surface area (Å²) in [5.74, 6) is -0.350. The number of benzene rings is 1. The van der Waals surface area contributed by atoms with Gasteiger partial charge in [0.15, 0.2) is 0 Å². The Labute approximate surface area is 125 Å². The van der Waals surface area contributed by atoms with Crippen LogP contribution in [0.25, 0.3) is 0 Å². The number of hydrogen-bond acceptors (Lipinski definition) is 3. The molecular formula is C16H23NO4. The highest BCUT2D eigenvalue weighted by Crippen LogP contribution is 2.33. The van der Waals surface area contributed by atoms with Crippen molar-refractivity contribution in [1.82, 2.24) is 4.90 Å². The Balaban J connectivity index is 3.03. The zero-order valence-corrected chi connectivity index (χ0v) is 13.0. The summed E-state index contributed by atoms with van der Waals surface area (Å²) in [7, 11) is 1.57. The number of aliphatic carboxylic acids is 1. The Morgan fingerprint density at radius 3 is 2.43 bits per heavy atom. The van der Waals surface area contributed by atoms with Crippen LogP contribution in [-0.4, -0.2) is 42.1 Å². The van der Waals surface area contributed by atoms with Crippen LogP contribution in [0.4, 0.5) is 0 Å². The van der Waals surface area contributed by atoms with E-state index in [1.165, 1.54) is 0 Å². The second-order valence-electron chi connectivity index (χ2n) is 5.35. The van der Waals surface area contributed by atoms with Crippen LogP contribution in [0.2, 0.25) is 0 Å². The molecule has 0 fully saturated rings. The molecule has 0 aromatic heterocycles. The molecule has 0 heterocycles. The summed E-state index contributed by atoms with van der Waals surface area (Å²) in [4.78, 5) is 25.0. The second kappa shape index (κ2) is 7.11. The number of amides is 1. The van der Waals surface area contributed by atoms with E-state index >= 15 is 0 Å². The number of carboxylic acids is 1. The van der Waals surface area contributed by atoms with Crippen molar-refractivity contribution in [3.8, 4) is 5.75 Å². The number of ether oxygens (including phenoxy) is 1. The first-order chi connectivity index (χ1) is 9.84. The Kier molecular flexibility index (Phi) is 5.76. The van der Waals surface area contributed by atoms with Crippen molar-refractivity contribution in [2.75, 3.05) is 20.2 Å². The molecule has 21 heavy (non-hydrogen) atoms. The van der Waals surface area contributed by atoms with Crippen LogP contribution >= 0.6 is 0 Å². The number of nitrogens with zero attached hydrogens (tertiary/aromatic N) is 1. The zero-order chi connectivity index (χ0) is 16.0. The molecule has 0 saturated carbocycles. The van der Waals surface area contributed by atoms with Crippen LogP contribution in [0.15, 0.2) is 24.3 Å². The number of rotatable bonds is 7. The van der Waals surface area contributed by atoms with E-state index in [9.17, 15) is 9.59 Å². The van der Waals surface area contributed by atoms with Crippen LogP contribution < -0.4 is 4.74 Å². The Hall–Kier alpha value is -2.04. The Morgan fingerprint density at radius 2 is 1.90 bits per heavy atom. The molecule has 0 spiro atoms. The van der Waals surface area contributed by atoms with Gasteiger partial charge in [0, 0.05) is 18.7 Å².